The maximum absolute atomic E-state index is 8.53. The highest BCUT2D eigenvalue weighted by Crippen LogP contribution is 2.53. The Balaban J connectivity index is 1.07. The van der Waals surface area contributed by atoms with Crippen LogP contribution in [-0.4, -0.2) is 12.4 Å². The summed E-state index contributed by atoms with van der Waals surface area (Å²) in [4.78, 5) is 4.71. The van der Waals surface area contributed by atoms with Crippen molar-refractivity contribution in [2.45, 2.75) is 38.5 Å². The first-order chi connectivity index (χ1) is 26.2. The van der Waals surface area contributed by atoms with Crippen LogP contribution in [-0.2, 0) is 10.8 Å². The van der Waals surface area contributed by atoms with Crippen LogP contribution in [0.3, 0.4) is 0 Å². The van der Waals surface area contributed by atoms with Gasteiger partial charge in [-0.05, 0) is 93.0 Å². The molecule has 54 heavy (non-hydrogen) atoms. The molecule has 0 bridgehead atoms. The fourth-order valence-corrected chi connectivity index (χ4v) is 8.93. The van der Waals surface area contributed by atoms with Gasteiger partial charge in [0, 0.05) is 45.8 Å². The SMILES string of the molecule is CC1(C)c2ccccc2N(c2ccc(-c3ccc(-c4ccc(N5c6ccccc6C(C)(C)c6ccccc65)cc4)c(C=N)c3C=N)cc2)c2ccccc21. The Kier molecular flexibility index (Phi) is 7.75. The van der Waals surface area contributed by atoms with Crippen LogP contribution in [0.2, 0.25) is 0 Å². The molecule has 0 atom stereocenters. The van der Waals surface area contributed by atoms with Crippen LogP contribution in [0.4, 0.5) is 34.1 Å². The van der Waals surface area contributed by atoms with Gasteiger partial charge in [-0.2, -0.15) is 0 Å². The molecule has 2 aliphatic rings. The standard InChI is InChI=1S/C50H42N4/c1-49(2)41-13-5-9-17-45(41)53(46-18-10-6-14-42(46)49)35-25-21-33(22-26-35)37-29-30-38(40(32-52)39(37)31-51)34-23-27-36(28-24-34)54-47-19-11-7-15-43(47)50(3,4)44-16-8-12-20-48(44)54/h5-32,51-52H,1-4H3. The monoisotopic (exact) mass is 698 g/mol. The Bertz CT molecular complexity index is 2310. The number of hydrogen-bond acceptors (Lipinski definition) is 4. The largest absolute Gasteiger partial charge is 0.310 e. The summed E-state index contributed by atoms with van der Waals surface area (Å²) in [5.41, 5.74) is 17.2. The molecule has 0 amide bonds. The Labute approximate surface area is 318 Å². The summed E-state index contributed by atoms with van der Waals surface area (Å²) in [6.07, 6.45) is 2.79. The van der Waals surface area contributed by atoms with Crippen molar-refractivity contribution in [1.82, 2.24) is 0 Å². The van der Waals surface area contributed by atoms with Gasteiger partial charge in [0.2, 0.25) is 0 Å². The van der Waals surface area contributed by atoms with Gasteiger partial charge in [0.15, 0.2) is 0 Å². The Morgan fingerprint density at radius 1 is 0.370 bits per heavy atom. The first kappa shape index (κ1) is 33.3. The van der Waals surface area contributed by atoms with Crippen molar-refractivity contribution in [2.24, 2.45) is 0 Å². The Morgan fingerprint density at radius 3 is 0.926 bits per heavy atom. The second-order valence-corrected chi connectivity index (χ2v) is 15.4. The quantitative estimate of drug-likeness (QED) is 0.170. The van der Waals surface area contributed by atoms with Crippen LogP contribution >= 0.6 is 0 Å². The molecule has 0 aliphatic carbocycles. The zero-order valence-corrected chi connectivity index (χ0v) is 31.1. The minimum Gasteiger partial charge on any atom is -0.310 e. The lowest BCUT2D eigenvalue weighted by Crippen LogP contribution is -2.30. The Hall–Kier alpha value is -6.52. The molecule has 0 aromatic heterocycles. The van der Waals surface area contributed by atoms with Gasteiger partial charge in [-0.1, -0.05) is 137 Å². The number of nitrogens with zero attached hydrogens (tertiary/aromatic N) is 2. The molecule has 0 saturated carbocycles. The van der Waals surface area contributed by atoms with E-state index in [1.54, 1.807) is 0 Å². The van der Waals surface area contributed by atoms with E-state index >= 15 is 0 Å². The van der Waals surface area contributed by atoms with E-state index in [9.17, 15) is 0 Å². The second-order valence-electron chi connectivity index (χ2n) is 15.4. The van der Waals surface area contributed by atoms with Crippen LogP contribution in [0.5, 0.6) is 0 Å². The van der Waals surface area contributed by atoms with Gasteiger partial charge in [0.05, 0.1) is 22.7 Å². The predicted octanol–water partition coefficient (Wildman–Crippen LogP) is 13.2. The van der Waals surface area contributed by atoms with Crippen LogP contribution in [0.25, 0.3) is 22.3 Å². The van der Waals surface area contributed by atoms with E-state index in [4.69, 9.17) is 10.8 Å². The zero-order chi connectivity index (χ0) is 37.2. The minimum atomic E-state index is -0.116. The highest BCUT2D eigenvalue weighted by atomic mass is 15.2. The normalized spacial score (nSPS) is 14.7. The van der Waals surface area contributed by atoms with Gasteiger partial charge in [-0.25, -0.2) is 0 Å². The molecule has 9 rings (SSSR count). The van der Waals surface area contributed by atoms with Gasteiger partial charge in [0.25, 0.3) is 0 Å². The molecule has 7 aromatic carbocycles. The van der Waals surface area contributed by atoms with Gasteiger partial charge in [-0.15, -0.1) is 0 Å². The van der Waals surface area contributed by atoms with Crippen molar-refractivity contribution in [3.63, 3.8) is 0 Å². The summed E-state index contributed by atoms with van der Waals surface area (Å²) in [7, 11) is 0. The van der Waals surface area contributed by atoms with Gasteiger partial charge < -0.3 is 20.6 Å². The topological polar surface area (TPSA) is 54.2 Å². The number of hydrogen-bond donors (Lipinski definition) is 2. The van der Waals surface area contributed by atoms with Crippen molar-refractivity contribution in [3.8, 4) is 22.3 Å². The third kappa shape index (κ3) is 4.98. The molecular formula is C50H42N4. The van der Waals surface area contributed by atoms with Gasteiger partial charge in [0.1, 0.15) is 0 Å². The van der Waals surface area contributed by atoms with E-state index in [0.29, 0.717) is 0 Å². The van der Waals surface area contributed by atoms with E-state index in [0.717, 1.165) is 44.8 Å². The van der Waals surface area contributed by atoms with E-state index in [2.05, 4.69) is 195 Å². The molecule has 0 spiro atoms. The van der Waals surface area contributed by atoms with Crippen LogP contribution in [0, 0.1) is 10.8 Å². The lowest BCUT2D eigenvalue weighted by molar-refractivity contribution is 0.632. The number of benzene rings is 7. The fraction of sp³-hybridized carbons (Fsp3) is 0.120. The van der Waals surface area contributed by atoms with Crippen molar-refractivity contribution < 1.29 is 0 Å². The molecule has 2 heterocycles. The van der Waals surface area contributed by atoms with Gasteiger partial charge >= 0.3 is 0 Å². The molecule has 4 heteroatoms. The molecule has 2 aliphatic heterocycles. The maximum Gasteiger partial charge on any atom is 0.0502 e. The first-order valence-electron chi connectivity index (χ1n) is 18.6. The van der Waals surface area contributed by atoms with Crippen LogP contribution < -0.4 is 9.80 Å². The summed E-state index contributed by atoms with van der Waals surface area (Å²) in [5.74, 6) is 0. The molecule has 4 nitrogen and oxygen atoms in total. The number of nitrogens with one attached hydrogen (secondary N) is 2. The molecule has 2 N–H and O–H groups in total. The summed E-state index contributed by atoms with van der Waals surface area (Å²) >= 11 is 0. The van der Waals surface area contributed by atoms with Crippen molar-refractivity contribution >= 4 is 46.6 Å². The smallest absolute Gasteiger partial charge is 0.0502 e. The second kappa shape index (κ2) is 12.6. The number of anilines is 6. The van der Waals surface area contributed by atoms with E-state index in [1.165, 1.54) is 57.4 Å². The third-order valence-electron chi connectivity index (χ3n) is 11.7. The van der Waals surface area contributed by atoms with Crippen LogP contribution in [0.15, 0.2) is 158 Å². The molecule has 0 unspecified atom stereocenters. The minimum absolute atomic E-state index is 0.116. The molecule has 0 radical (unpaired) electrons. The lowest BCUT2D eigenvalue weighted by atomic mass is 9.73. The number of para-hydroxylation sites is 4. The molecule has 7 aromatic rings. The maximum atomic E-state index is 8.53. The third-order valence-corrected chi connectivity index (χ3v) is 11.7. The van der Waals surface area contributed by atoms with E-state index in [1.807, 2.05) is 0 Å². The number of fused-ring (bicyclic) bond motifs is 4. The predicted molar refractivity (Wildman–Crippen MR) is 227 cm³/mol. The van der Waals surface area contributed by atoms with Crippen molar-refractivity contribution in [2.75, 3.05) is 9.80 Å². The fourth-order valence-electron chi connectivity index (χ4n) is 8.93. The van der Waals surface area contributed by atoms with Gasteiger partial charge in [-0.3, -0.25) is 0 Å². The Morgan fingerprint density at radius 2 is 0.648 bits per heavy atom. The zero-order valence-electron chi connectivity index (χ0n) is 31.1. The molecular weight excluding hydrogens is 657 g/mol. The lowest BCUT2D eigenvalue weighted by Gasteiger charge is -2.42. The summed E-state index contributed by atoms with van der Waals surface area (Å²) < 4.78 is 0. The number of rotatable bonds is 6. The highest BCUT2D eigenvalue weighted by molar-refractivity contribution is 6.04. The molecule has 0 saturated heterocycles. The summed E-state index contributed by atoms with van der Waals surface area (Å²) in [5, 5.41) is 17.1. The van der Waals surface area contributed by atoms with Crippen molar-refractivity contribution in [1.29, 1.82) is 10.8 Å². The summed E-state index contributed by atoms with van der Waals surface area (Å²) in [6.45, 7) is 9.21. The first-order valence-corrected chi connectivity index (χ1v) is 18.6. The van der Waals surface area contributed by atoms with E-state index in [-0.39, 0.29) is 10.8 Å². The van der Waals surface area contributed by atoms with E-state index < -0.39 is 0 Å². The summed E-state index contributed by atoms with van der Waals surface area (Å²) in [6, 6.07) is 56.2. The van der Waals surface area contributed by atoms with Crippen molar-refractivity contribution in [3.05, 3.63) is 191 Å². The molecule has 262 valence electrons. The average molecular weight is 699 g/mol. The van der Waals surface area contributed by atoms with Crippen LogP contribution in [0.1, 0.15) is 61.1 Å². The molecule has 0 fully saturated rings. The average Bonchev–Trinajstić information content (AvgIpc) is 3.21. The highest BCUT2D eigenvalue weighted by Gasteiger charge is 2.37.